The van der Waals surface area contributed by atoms with E-state index in [9.17, 15) is 0 Å². The highest BCUT2D eigenvalue weighted by molar-refractivity contribution is 5.67. The number of hydrogen-bond acceptors (Lipinski definition) is 7. The molecule has 7 heteroatoms. The van der Waals surface area contributed by atoms with Gasteiger partial charge in [-0.05, 0) is 6.92 Å². The van der Waals surface area contributed by atoms with Crippen molar-refractivity contribution in [3.05, 3.63) is 6.33 Å². The highest BCUT2D eigenvalue weighted by atomic mass is 16.5. The van der Waals surface area contributed by atoms with Crippen LogP contribution in [0.2, 0.25) is 0 Å². The lowest BCUT2D eigenvalue weighted by molar-refractivity contribution is 0.202. The van der Waals surface area contributed by atoms with Crippen molar-refractivity contribution in [2.24, 2.45) is 0 Å². The van der Waals surface area contributed by atoms with Crippen LogP contribution < -0.4 is 15.4 Å². The largest absolute Gasteiger partial charge is 0.476 e. The molecule has 0 aliphatic carbocycles. The standard InChI is InChI=1S/C11H20N4O3/c1-3-18-11-9(12)10(13-8-14-11)15(4-6-16)5-7-17-2/h8,16H,3-7,12H2,1-2H3. The van der Waals surface area contributed by atoms with Gasteiger partial charge in [-0.25, -0.2) is 4.98 Å². The van der Waals surface area contributed by atoms with Crippen molar-refractivity contribution < 1.29 is 14.6 Å². The van der Waals surface area contributed by atoms with Crippen molar-refractivity contribution in [2.75, 3.05) is 50.7 Å². The molecule has 18 heavy (non-hydrogen) atoms. The lowest BCUT2D eigenvalue weighted by Gasteiger charge is -2.24. The third-order valence-corrected chi connectivity index (χ3v) is 2.34. The maximum atomic E-state index is 9.06. The number of rotatable bonds is 8. The zero-order valence-corrected chi connectivity index (χ0v) is 10.8. The fraction of sp³-hybridized carbons (Fsp3) is 0.636. The first-order chi connectivity index (χ1) is 8.74. The molecule has 0 aromatic carbocycles. The summed E-state index contributed by atoms with van der Waals surface area (Å²) in [4.78, 5) is 9.95. The quantitative estimate of drug-likeness (QED) is 0.671. The number of nitrogens with two attached hydrogens (primary N) is 1. The molecule has 0 amide bonds. The first-order valence-electron chi connectivity index (χ1n) is 5.82. The molecule has 102 valence electrons. The van der Waals surface area contributed by atoms with E-state index in [1.807, 2.05) is 11.8 Å². The van der Waals surface area contributed by atoms with Crippen LogP contribution in [0.1, 0.15) is 6.92 Å². The van der Waals surface area contributed by atoms with Gasteiger partial charge in [0.25, 0.3) is 0 Å². The summed E-state index contributed by atoms with van der Waals surface area (Å²) >= 11 is 0. The maximum Gasteiger partial charge on any atom is 0.242 e. The number of hydrogen-bond donors (Lipinski definition) is 2. The van der Waals surface area contributed by atoms with Crippen molar-refractivity contribution in [2.45, 2.75) is 6.92 Å². The predicted molar refractivity (Wildman–Crippen MR) is 68.8 cm³/mol. The molecular formula is C11H20N4O3. The van der Waals surface area contributed by atoms with Gasteiger partial charge in [-0.2, -0.15) is 4.98 Å². The molecule has 0 bridgehead atoms. The first-order valence-corrected chi connectivity index (χ1v) is 5.82. The molecule has 0 spiro atoms. The Bertz CT molecular complexity index is 362. The first kappa shape index (κ1) is 14.5. The van der Waals surface area contributed by atoms with E-state index < -0.39 is 0 Å². The van der Waals surface area contributed by atoms with Crippen molar-refractivity contribution >= 4 is 11.5 Å². The second-order valence-corrected chi connectivity index (χ2v) is 3.55. The molecule has 0 unspecified atom stereocenters. The predicted octanol–water partition coefficient (Wildman–Crippen LogP) is -0.0974. The topological polar surface area (TPSA) is 93.7 Å². The number of aliphatic hydroxyl groups excluding tert-OH is 1. The summed E-state index contributed by atoms with van der Waals surface area (Å²) in [5, 5.41) is 9.06. The zero-order valence-electron chi connectivity index (χ0n) is 10.8. The lowest BCUT2D eigenvalue weighted by Crippen LogP contribution is -2.31. The molecule has 1 rings (SSSR count). The second-order valence-electron chi connectivity index (χ2n) is 3.55. The Morgan fingerprint density at radius 2 is 2.17 bits per heavy atom. The smallest absolute Gasteiger partial charge is 0.242 e. The molecule has 0 saturated carbocycles. The number of methoxy groups -OCH3 is 1. The minimum Gasteiger partial charge on any atom is -0.476 e. The Morgan fingerprint density at radius 3 is 2.78 bits per heavy atom. The van der Waals surface area contributed by atoms with Crippen LogP contribution in [0.3, 0.4) is 0 Å². The number of nitrogens with zero attached hydrogens (tertiary/aromatic N) is 3. The third-order valence-electron chi connectivity index (χ3n) is 2.34. The summed E-state index contributed by atoms with van der Waals surface area (Å²) in [6.45, 7) is 3.89. The van der Waals surface area contributed by atoms with Crippen LogP contribution in [0.25, 0.3) is 0 Å². The van der Waals surface area contributed by atoms with Gasteiger partial charge >= 0.3 is 0 Å². The van der Waals surface area contributed by atoms with E-state index in [4.69, 9.17) is 20.3 Å². The van der Waals surface area contributed by atoms with Gasteiger partial charge in [0, 0.05) is 20.2 Å². The Morgan fingerprint density at radius 1 is 1.39 bits per heavy atom. The average Bonchev–Trinajstić information content (AvgIpc) is 2.38. The van der Waals surface area contributed by atoms with E-state index in [0.717, 1.165) is 0 Å². The van der Waals surface area contributed by atoms with Crippen LogP contribution in [0.4, 0.5) is 11.5 Å². The Balaban J connectivity index is 2.92. The van der Waals surface area contributed by atoms with E-state index in [1.165, 1.54) is 6.33 Å². The molecule has 0 saturated heterocycles. The number of anilines is 2. The van der Waals surface area contributed by atoms with Gasteiger partial charge in [-0.3, -0.25) is 0 Å². The fourth-order valence-corrected chi connectivity index (χ4v) is 1.52. The third kappa shape index (κ3) is 3.71. The van der Waals surface area contributed by atoms with E-state index in [2.05, 4.69) is 9.97 Å². The molecule has 0 atom stereocenters. The fourth-order valence-electron chi connectivity index (χ4n) is 1.52. The van der Waals surface area contributed by atoms with Gasteiger partial charge in [-0.15, -0.1) is 0 Å². The molecule has 3 N–H and O–H groups in total. The van der Waals surface area contributed by atoms with Gasteiger partial charge in [0.2, 0.25) is 5.88 Å². The Labute approximate surface area is 107 Å². The van der Waals surface area contributed by atoms with Crippen molar-refractivity contribution in [1.82, 2.24) is 9.97 Å². The van der Waals surface area contributed by atoms with E-state index in [1.54, 1.807) is 7.11 Å². The van der Waals surface area contributed by atoms with Crippen LogP contribution in [0.5, 0.6) is 5.88 Å². The molecule has 0 aliphatic rings. The SMILES string of the molecule is CCOc1ncnc(N(CCO)CCOC)c1N. The highest BCUT2D eigenvalue weighted by Crippen LogP contribution is 2.27. The van der Waals surface area contributed by atoms with Crippen molar-refractivity contribution in [1.29, 1.82) is 0 Å². The van der Waals surface area contributed by atoms with Crippen LogP contribution in [0.15, 0.2) is 6.33 Å². The monoisotopic (exact) mass is 256 g/mol. The maximum absolute atomic E-state index is 9.06. The molecule has 1 heterocycles. The van der Waals surface area contributed by atoms with Gasteiger partial charge in [-0.1, -0.05) is 0 Å². The zero-order chi connectivity index (χ0) is 13.4. The summed E-state index contributed by atoms with van der Waals surface area (Å²) in [5.74, 6) is 0.919. The Hall–Kier alpha value is -1.60. The number of aliphatic hydroxyl groups is 1. The highest BCUT2D eigenvalue weighted by Gasteiger charge is 2.15. The van der Waals surface area contributed by atoms with E-state index in [0.29, 0.717) is 43.7 Å². The molecule has 1 aromatic heterocycles. The molecule has 0 fully saturated rings. The lowest BCUT2D eigenvalue weighted by atomic mass is 10.4. The van der Waals surface area contributed by atoms with Crippen molar-refractivity contribution in [3.63, 3.8) is 0 Å². The number of aromatic nitrogens is 2. The Kier molecular flexibility index (Phi) is 6.16. The average molecular weight is 256 g/mol. The summed E-state index contributed by atoms with van der Waals surface area (Å²) < 4.78 is 10.3. The summed E-state index contributed by atoms with van der Waals surface area (Å²) in [7, 11) is 1.62. The molecule has 7 nitrogen and oxygen atoms in total. The van der Waals surface area contributed by atoms with Gasteiger partial charge in [0.1, 0.15) is 12.0 Å². The molecule has 0 aliphatic heterocycles. The molecule has 1 aromatic rings. The van der Waals surface area contributed by atoms with Crippen LogP contribution in [-0.2, 0) is 4.74 Å². The van der Waals surface area contributed by atoms with E-state index in [-0.39, 0.29) is 6.61 Å². The summed E-state index contributed by atoms with van der Waals surface area (Å²) in [6.07, 6.45) is 1.40. The summed E-state index contributed by atoms with van der Waals surface area (Å²) in [6, 6.07) is 0. The van der Waals surface area contributed by atoms with Gasteiger partial charge in [0.15, 0.2) is 5.82 Å². The normalized spacial score (nSPS) is 10.4. The van der Waals surface area contributed by atoms with Gasteiger partial charge in [0.05, 0.1) is 19.8 Å². The number of nitrogen functional groups attached to an aromatic ring is 1. The van der Waals surface area contributed by atoms with Gasteiger partial charge < -0.3 is 25.2 Å². The molecular weight excluding hydrogens is 236 g/mol. The van der Waals surface area contributed by atoms with Crippen LogP contribution in [0, 0.1) is 0 Å². The van der Waals surface area contributed by atoms with Crippen molar-refractivity contribution in [3.8, 4) is 5.88 Å². The molecule has 0 radical (unpaired) electrons. The second kappa shape index (κ2) is 7.67. The van der Waals surface area contributed by atoms with Crippen LogP contribution in [-0.4, -0.2) is 55.1 Å². The summed E-state index contributed by atoms with van der Waals surface area (Å²) in [5.41, 5.74) is 6.34. The minimum atomic E-state index is 0.0110. The van der Waals surface area contributed by atoms with Crippen LogP contribution >= 0.6 is 0 Å². The van der Waals surface area contributed by atoms with E-state index >= 15 is 0 Å². The minimum absolute atomic E-state index is 0.0110. The number of ether oxygens (including phenoxy) is 2.